The molecule has 1 unspecified atom stereocenters. The molecule has 0 aliphatic carbocycles. The highest BCUT2D eigenvalue weighted by atomic mass is 79.9. The van der Waals surface area contributed by atoms with Gasteiger partial charge in [-0.15, -0.1) is 0 Å². The Morgan fingerprint density at radius 3 is 2.24 bits per heavy atom. The number of halogens is 1. The van der Waals surface area contributed by atoms with Gasteiger partial charge >= 0.3 is 0 Å². The Balaban J connectivity index is 2.47. The number of hydrogen-bond donors (Lipinski definition) is 3. The Morgan fingerprint density at radius 1 is 1.14 bits per heavy atom. The van der Waals surface area contributed by atoms with Crippen LogP contribution in [0.1, 0.15) is 20.8 Å². The molecule has 0 saturated heterocycles. The molecule has 0 fully saturated rings. The molecular formula is C15H23BrN3O2+. The fourth-order valence-corrected chi connectivity index (χ4v) is 2.14. The van der Waals surface area contributed by atoms with E-state index in [0.29, 0.717) is 6.54 Å². The minimum Gasteiger partial charge on any atom is -0.349 e. The van der Waals surface area contributed by atoms with Crippen molar-refractivity contribution in [3.05, 3.63) is 28.7 Å². The van der Waals surface area contributed by atoms with Gasteiger partial charge < -0.3 is 15.5 Å². The Kier molecular flexibility index (Phi) is 7.39. The molecule has 2 amide bonds. The Morgan fingerprint density at radius 2 is 1.71 bits per heavy atom. The number of likely N-dealkylation sites (N-methyl/N-ethyl adjacent to an activating group) is 1. The molecule has 21 heavy (non-hydrogen) atoms. The highest BCUT2D eigenvalue weighted by Gasteiger charge is 2.17. The van der Waals surface area contributed by atoms with Gasteiger partial charge in [0.25, 0.3) is 11.8 Å². The lowest BCUT2D eigenvalue weighted by molar-refractivity contribution is -0.881. The van der Waals surface area contributed by atoms with Crippen LogP contribution in [0.15, 0.2) is 28.7 Å². The van der Waals surface area contributed by atoms with E-state index in [9.17, 15) is 9.59 Å². The standard InChI is InChI=1S/C15H22BrN3O2/c1-4-19(9-14(20)17-11(2)3)10-15(21)18-13-7-5-12(16)6-8-13/h5-8,11H,4,9-10H2,1-3H3,(H,17,20)(H,18,21)/p+1. The molecule has 3 N–H and O–H groups in total. The molecule has 116 valence electrons. The maximum absolute atomic E-state index is 12.0. The van der Waals surface area contributed by atoms with Crippen LogP contribution in [0.3, 0.4) is 0 Å². The third-order valence-corrected chi connectivity index (χ3v) is 3.43. The summed E-state index contributed by atoms with van der Waals surface area (Å²) in [6.45, 7) is 7.11. The van der Waals surface area contributed by atoms with Crippen molar-refractivity contribution in [2.24, 2.45) is 0 Å². The fourth-order valence-electron chi connectivity index (χ4n) is 1.88. The molecule has 0 radical (unpaired) electrons. The maximum Gasteiger partial charge on any atom is 0.279 e. The normalized spacial score (nSPS) is 12.0. The van der Waals surface area contributed by atoms with Gasteiger partial charge in [0.1, 0.15) is 0 Å². The van der Waals surface area contributed by atoms with Crippen LogP contribution in [0.4, 0.5) is 5.69 Å². The molecule has 0 aliphatic rings. The highest BCUT2D eigenvalue weighted by molar-refractivity contribution is 9.10. The van der Waals surface area contributed by atoms with Gasteiger partial charge in [0, 0.05) is 16.2 Å². The molecule has 1 atom stereocenters. The first-order valence-electron chi connectivity index (χ1n) is 7.09. The predicted molar refractivity (Wildman–Crippen MR) is 87.3 cm³/mol. The van der Waals surface area contributed by atoms with Crippen LogP contribution in [-0.4, -0.2) is 37.5 Å². The SMILES string of the molecule is CC[NH+](CC(=O)Nc1ccc(Br)cc1)CC(=O)NC(C)C. The highest BCUT2D eigenvalue weighted by Crippen LogP contribution is 2.13. The van der Waals surface area contributed by atoms with Crippen LogP contribution in [0.2, 0.25) is 0 Å². The lowest BCUT2D eigenvalue weighted by Crippen LogP contribution is -3.14. The van der Waals surface area contributed by atoms with Crippen molar-refractivity contribution in [3.8, 4) is 0 Å². The number of hydrogen-bond acceptors (Lipinski definition) is 2. The lowest BCUT2D eigenvalue weighted by atomic mass is 10.3. The monoisotopic (exact) mass is 356 g/mol. The molecule has 0 spiro atoms. The van der Waals surface area contributed by atoms with Crippen molar-refractivity contribution in [1.29, 1.82) is 0 Å². The first-order chi connectivity index (χ1) is 9.90. The number of carbonyl (C=O) groups excluding carboxylic acids is 2. The first kappa shape index (κ1) is 17.7. The van der Waals surface area contributed by atoms with Crippen molar-refractivity contribution < 1.29 is 14.5 Å². The number of benzene rings is 1. The largest absolute Gasteiger partial charge is 0.349 e. The summed E-state index contributed by atoms with van der Waals surface area (Å²) in [6.07, 6.45) is 0. The minimum absolute atomic E-state index is 0.0294. The molecule has 1 aromatic carbocycles. The number of nitrogens with one attached hydrogen (secondary N) is 3. The second-order valence-electron chi connectivity index (χ2n) is 5.23. The van der Waals surface area contributed by atoms with Crippen LogP contribution in [0, 0.1) is 0 Å². The van der Waals surface area contributed by atoms with E-state index >= 15 is 0 Å². The van der Waals surface area contributed by atoms with Gasteiger partial charge in [0.15, 0.2) is 13.1 Å². The van der Waals surface area contributed by atoms with Crippen molar-refractivity contribution in [2.75, 3.05) is 25.0 Å². The van der Waals surface area contributed by atoms with Gasteiger partial charge in [0.2, 0.25) is 0 Å². The van der Waals surface area contributed by atoms with E-state index in [1.807, 2.05) is 45.0 Å². The molecule has 1 aromatic rings. The topological polar surface area (TPSA) is 62.6 Å². The van der Waals surface area contributed by atoms with E-state index in [0.717, 1.165) is 21.6 Å². The molecule has 0 bridgehead atoms. The number of amides is 2. The zero-order valence-electron chi connectivity index (χ0n) is 12.7. The molecule has 5 nitrogen and oxygen atoms in total. The summed E-state index contributed by atoms with van der Waals surface area (Å²) in [5, 5.41) is 5.68. The van der Waals surface area contributed by atoms with Crippen LogP contribution < -0.4 is 15.5 Å². The molecular weight excluding hydrogens is 334 g/mol. The van der Waals surface area contributed by atoms with E-state index in [-0.39, 0.29) is 24.4 Å². The second-order valence-corrected chi connectivity index (χ2v) is 6.15. The Labute approximate surface area is 134 Å². The molecule has 0 aliphatic heterocycles. The van der Waals surface area contributed by atoms with Crippen LogP contribution >= 0.6 is 15.9 Å². The van der Waals surface area contributed by atoms with E-state index in [1.54, 1.807) is 0 Å². The summed E-state index contributed by atoms with van der Waals surface area (Å²) in [5.41, 5.74) is 0.755. The molecule has 0 heterocycles. The average Bonchev–Trinajstić information content (AvgIpc) is 2.39. The summed E-state index contributed by atoms with van der Waals surface area (Å²) >= 11 is 3.35. The number of rotatable bonds is 7. The summed E-state index contributed by atoms with van der Waals surface area (Å²) < 4.78 is 0.965. The minimum atomic E-state index is -0.0912. The number of quaternary nitrogens is 1. The predicted octanol–water partition coefficient (Wildman–Crippen LogP) is 0.817. The Bertz CT molecular complexity index is 474. The van der Waals surface area contributed by atoms with Gasteiger partial charge in [-0.25, -0.2) is 0 Å². The Hall–Kier alpha value is -1.40. The lowest BCUT2D eigenvalue weighted by Gasteiger charge is -2.17. The van der Waals surface area contributed by atoms with Gasteiger partial charge in [0.05, 0.1) is 6.54 Å². The maximum atomic E-state index is 12.0. The quantitative estimate of drug-likeness (QED) is 0.677. The summed E-state index contributed by atoms with van der Waals surface area (Å²) in [7, 11) is 0. The summed E-state index contributed by atoms with van der Waals surface area (Å²) in [4.78, 5) is 24.7. The molecule has 0 saturated carbocycles. The van der Waals surface area contributed by atoms with Crippen molar-refractivity contribution in [3.63, 3.8) is 0 Å². The molecule has 6 heteroatoms. The second kappa shape index (κ2) is 8.79. The van der Waals surface area contributed by atoms with E-state index in [4.69, 9.17) is 0 Å². The van der Waals surface area contributed by atoms with Crippen LogP contribution in [0.25, 0.3) is 0 Å². The zero-order valence-corrected chi connectivity index (χ0v) is 14.3. The van der Waals surface area contributed by atoms with Gasteiger partial charge in [-0.05, 0) is 45.0 Å². The van der Waals surface area contributed by atoms with E-state index in [2.05, 4.69) is 26.6 Å². The van der Waals surface area contributed by atoms with E-state index < -0.39 is 0 Å². The third kappa shape index (κ3) is 7.24. The third-order valence-electron chi connectivity index (χ3n) is 2.90. The van der Waals surface area contributed by atoms with Gasteiger partial charge in [-0.1, -0.05) is 15.9 Å². The fraction of sp³-hybridized carbons (Fsp3) is 0.467. The van der Waals surface area contributed by atoms with Crippen LogP contribution in [-0.2, 0) is 9.59 Å². The van der Waals surface area contributed by atoms with Crippen LogP contribution in [0.5, 0.6) is 0 Å². The van der Waals surface area contributed by atoms with Gasteiger partial charge in [-0.3, -0.25) is 9.59 Å². The van der Waals surface area contributed by atoms with Crippen molar-refractivity contribution in [1.82, 2.24) is 5.32 Å². The average molecular weight is 357 g/mol. The molecule has 0 aromatic heterocycles. The summed E-state index contributed by atoms with van der Waals surface area (Å²) in [5.74, 6) is -0.121. The summed E-state index contributed by atoms with van der Waals surface area (Å²) in [6, 6.07) is 7.52. The van der Waals surface area contributed by atoms with Gasteiger partial charge in [-0.2, -0.15) is 0 Å². The number of anilines is 1. The van der Waals surface area contributed by atoms with E-state index in [1.165, 1.54) is 0 Å². The number of carbonyl (C=O) groups is 2. The first-order valence-corrected chi connectivity index (χ1v) is 7.88. The zero-order chi connectivity index (χ0) is 15.8. The smallest absolute Gasteiger partial charge is 0.279 e. The van der Waals surface area contributed by atoms with Crippen molar-refractivity contribution in [2.45, 2.75) is 26.8 Å². The molecule has 1 rings (SSSR count). The van der Waals surface area contributed by atoms with Crippen molar-refractivity contribution >= 4 is 33.4 Å².